The minimum absolute atomic E-state index is 0.178. The third kappa shape index (κ3) is 1.81. The quantitative estimate of drug-likeness (QED) is 0.744. The maximum Gasteiger partial charge on any atom is 0.0822 e. The predicted octanol–water partition coefficient (Wildman–Crippen LogP) is 3.84. The van der Waals surface area contributed by atoms with E-state index in [-0.39, 0.29) is 5.41 Å². The molecule has 1 fully saturated rings. The summed E-state index contributed by atoms with van der Waals surface area (Å²) >= 11 is 3.47. The van der Waals surface area contributed by atoms with Crippen molar-refractivity contribution in [3.05, 3.63) is 34.9 Å². The predicted molar refractivity (Wildman–Crippen MR) is 65.0 cm³/mol. The number of rotatable bonds is 2. The zero-order valence-corrected chi connectivity index (χ0v) is 10.5. The summed E-state index contributed by atoms with van der Waals surface area (Å²) in [6, 6.07) is 9.00. The van der Waals surface area contributed by atoms with E-state index in [1.165, 1.54) is 23.1 Å². The number of aryl methyl sites for hydroxylation is 1. The van der Waals surface area contributed by atoms with Crippen LogP contribution in [0.25, 0.3) is 0 Å². The lowest BCUT2D eigenvalue weighted by molar-refractivity contribution is 0.324. The second-order valence-electron chi connectivity index (χ2n) is 4.39. The molecule has 15 heavy (non-hydrogen) atoms. The molecular formula is C13H14BrN. The highest BCUT2D eigenvalue weighted by Gasteiger charge is 2.39. The lowest BCUT2D eigenvalue weighted by atomic mass is 9.65. The van der Waals surface area contributed by atoms with Crippen molar-refractivity contribution in [2.24, 2.45) is 0 Å². The van der Waals surface area contributed by atoms with E-state index in [1.807, 2.05) is 0 Å². The average molecular weight is 264 g/mol. The van der Waals surface area contributed by atoms with E-state index in [2.05, 4.69) is 47.1 Å². The summed E-state index contributed by atoms with van der Waals surface area (Å²) in [5.74, 6) is 0. The van der Waals surface area contributed by atoms with Crippen molar-refractivity contribution in [2.45, 2.75) is 36.9 Å². The van der Waals surface area contributed by atoms with Crippen LogP contribution in [0.4, 0.5) is 0 Å². The van der Waals surface area contributed by atoms with Crippen molar-refractivity contribution in [1.29, 1.82) is 5.26 Å². The van der Waals surface area contributed by atoms with Crippen LogP contribution in [0.5, 0.6) is 0 Å². The van der Waals surface area contributed by atoms with E-state index in [1.54, 1.807) is 0 Å². The fourth-order valence-corrected chi connectivity index (χ4v) is 2.53. The fourth-order valence-electron chi connectivity index (χ4n) is 2.21. The largest absolute Gasteiger partial charge is 0.197 e. The van der Waals surface area contributed by atoms with E-state index in [4.69, 9.17) is 0 Å². The van der Waals surface area contributed by atoms with Crippen LogP contribution in [-0.4, -0.2) is 0 Å². The highest BCUT2D eigenvalue weighted by Crippen LogP contribution is 2.43. The number of benzene rings is 1. The highest BCUT2D eigenvalue weighted by atomic mass is 79.9. The van der Waals surface area contributed by atoms with Gasteiger partial charge in [0.25, 0.3) is 0 Å². The zero-order chi connectivity index (χ0) is 10.9. The van der Waals surface area contributed by atoms with E-state index >= 15 is 0 Å². The molecule has 0 radical (unpaired) electrons. The molecule has 1 nitrogen and oxygen atoms in total. The molecule has 0 aromatic heterocycles. The lowest BCUT2D eigenvalue weighted by Crippen LogP contribution is -2.32. The molecule has 0 heterocycles. The van der Waals surface area contributed by atoms with Crippen LogP contribution < -0.4 is 0 Å². The molecule has 2 heteroatoms. The third-order valence-corrected chi connectivity index (χ3v) is 3.91. The van der Waals surface area contributed by atoms with E-state index in [0.29, 0.717) is 0 Å². The Bertz CT molecular complexity index is 413. The Kier molecular flexibility index (Phi) is 2.84. The van der Waals surface area contributed by atoms with Gasteiger partial charge in [-0.05, 0) is 37.3 Å². The Morgan fingerprint density at radius 1 is 1.40 bits per heavy atom. The molecule has 2 rings (SSSR count). The van der Waals surface area contributed by atoms with Gasteiger partial charge in [-0.3, -0.25) is 0 Å². The Morgan fingerprint density at radius 2 is 2.13 bits per heavy atom. The molecule has 0 bridgehead atoms. The summed E-state index contributed by atoms with van der Waals surface area (Å²) in [5, 5.41) is 10.1. The van der Waals surface area contributed by atoms with Gasteiger partial charge in [-0.1, -0.05) is 39.7 Å². The first-order valence-corrected chi connectivity index (χ1v) is 6.41. The molecule has 1 aromatic carbocycles. The second-order valence-corrected chi connectivity index (χ2v) is 4.95. The normalized spacial score (nSPS) is 17.9. The molecule has 0 N–H and O–H groups in total. The molecule has 78 valence electrons. The van der Waals surface area contributed by atoms with Gasteiger partial charge < -0.3 is 0 Å². The lowest BCUT2D eigenvalue weighted by Gasteiger charge is -2.36. The fraction of sp³-hybridized carbons (Fsp3) is 0.462. The topological polar surface area (TPSA) is 23.8 Å². The van der Waals surface area contributed by atoms with Crippen LogP contribution in [0, 0.1) is 18.3 Å². The number of halogens is 1. The van der Waals surface area contributed by atoms with E-state index < -0.39 is 0 Å². The molecule has 0 amide bonds. The SMILES string of the molecule is Cc1cc(CBr)cc(C2(C#N)CCC2)c1. The molecular weight excluding hydrogens is 250 g/mol. The Balaban J connectivity index is 2.44. The molecule has 0 aliphatic heterocycles. The Labute approximate surface area is 99.2 Å². The number of alkyl halides is 1. The number of nitrogens with zero attached hydrogens (tertiary/aromatic N) is 1. The van der Waals surface area contributed by atoms with Gasteiger partial charge in [0, 0.05) is 5.33 Å². The molecule has 1 aliphatic carbocycles. The van der Waals surface area contributed by atoms with Crippen molar-refractivity contribution in [3.63, 3.8) is 0 Å². The zero-order valence-electron chi connectivity index (χ0n) is 8.89. The molecule has 0 spiro atoms. The number of hydrogen-bond acceptors (Lipinski definition) is 1. The van der Waals surface area contributed by atoms with Gasteiger partial charge in [0.1, 0.15) is 0 Å². The smallest absolute Gasteiger partial charge is 0.0822 e. The minimum atomic E-state index is -0.178. The molecule has 0 saturated heterocycles. The summed E-state index contributed by atoms with van der Waals surface area (Å²) in [5.41, 5.74) is 3.56. The van der Waals surface area contributed by atoms with Crippen LogP contribution in [0.3, 0.4) is 0 Å². The van der Waals surface area contributed by atoms with Crippen LogP contribution in [0.1, 0.15) is 36.0 Å². The van der Waals surface area contributed by atoms with Gasteiger partial charge in [0.2, 0.25) is 0 Å². The minimum Gasteiger partial charge on any atom is -0.197 e. The van der Waals surface area contributed by atoms with Crippen molar-refractivity contribution < 1.29 is 0 Å². The van der Waals surface area contributed by atoms with E-state index in [9.17, 15) is 5.26 Å². The van der Waals surface area contributed by atoms with Crippen LogP contribution >= 0.6 is 15.9 Å². The summed E-state index contributed by atoms with van der Waals surface area (Å²) in [7, 11) is 0. The van der Waals surface area contributed by atoms with Crippen molar-refractivity contribution in [2.75, 3.05) is 0 Å². The first kappa shape index (κ1) is 10.7. The van der Waals surface area contributed by atoms with Crippen LogP contribution in [0.2, 0.25) is 0 Å². The maximum absolute atomic E-state index is 9.28. The Hall–Kier alpha value is -0.810. The number of hydrogen-bond donors (Lipinski definition) is 0. The van der Waals surface area contributed by atoms with Gasteiger partial charge in [0.05, 0.1) is 11.5 Å². The van der Waals surface area contributed by atoms with Gasteiger partial charge in [-0.15, -0.1) is 0 Å². The van der Waals surface area contributed by atoms with Crippen LogP contribution in [-0.2, 0) is 10.7 Å². The van der Waals surface area contributed by atoms with Crippen molar-refractivity contribution >= 4 is 15.9 Å². The van der Waals surface area contributed by atoms with Gasteiger partial charge in [-0.2, -0.15) is 5.26 Å². The molecule has 1 aliphatic rings. The summed E-state index contributed by atoms with van der Waals surface area (Å²) in [4.78, 5) is 0. The highest BCUT2D eigenvalue weighted by molar-refractivity contribution is 9.08. The maximum atomic E-state index is 9.28. The number of nitriles is 1. The molecule has 0 atom stereocenters. The molecule has 1 saturated carbocycles. The van der Waals surface area contributed by atoms with E-state index in [0.717, 1.165) is 18.2 Å². The van der Waals surface area contributed by atoms with Crippen molar-refractivity contribution in [1.82, 2.24) is 0 Å². The Morgan fingerprint density at radius 3 is 2.60 bits per heavy atom. The third-order valence-electron chi connectivity index (χ3n) is 3.27. The van der Waals surface area contributed by atoms with Gasteiger partial charge >= 0.3 is 0 Å². The summed E-state index contributed by atoms with van der Waals surface area (Å²) in [6.45, 7) is 2.10. The first-order chi connectivity index (χ1) is 7.20. The first-order valence-electron chi connectivity index (χ1n) is 5.28. The monoisotopic (exact) mass is 263 g/mol. The summed E-state index contributed by atoms with van der Waals surface area (Å²) < 4.78 is 0. The van der Waals surface area contributed by atoms with Gasteiger partial charge in [-0.25, -0.2) is 0 Å². The standard InChI is InChI=1S/C13H14BrN/c1-10-5-11(8-14)7-12(6-10)13(9-15)3-2-4-13/h5-7H,2-4,8H2,1H3. The van der Waals surface area contributed by atoms with Gasteiger partial charge in [0.15, 0.2) is 0 Å². The summed E-state index contributed by atoms with van der Waals surface area (Å²) in [6.07, 6.45) is 3.23. The average Bonchev–Trinajstić information content (AvgIpc) is 2.16. The second kappa shape index (κ2) is 3.98. The van der Waals surface area contributed by atoms with Crippen LogP contribution in [0.15, 0.2) is 18.2 Å². The van der Waals surface area contributed by atoms with Crippen molar-refractivity contribution in [3.8, 4) is 6.07 Å². The molecule has 0 unspecified atom stereocenters. The molecule has 1 aromatic rings.